The number of nitrogens with zero attached hydrogens (tertiary/aromatic N) is 2. The number of halogens is 4. The Labute approximate surface area is 308 Å². The van der Waals surface area contributed by atoms with Gasteiger partial charge in [0.1, 0.15) is 6.29 Å². The molecule has 3 N–H and O–H groups in total. The van der Waals surface area contributed by atoms with Crippen LogP contribution in [0.1, 0.15) is 116 Å². The molecular weight excluding hydrogens is 687 g/mol. The van der Waals surface area contributed by atoms with Gasteiger partial charge in [0.25, 0.3) is 6.47 Å². The van der Waals surface area contributed by atoms with Crippen molar-refractivity contribution in [2.75, 3.05) is 26.7 Å². The molecule has 1 saturated heterocycles. The smallest absolute Gasteiger partial charge is 0.389 e. The molecule has 1 aliphatic carbocycles. The minimum absolute atomic E-state index is 0.0398. The second-order valence-corrected chi connectivity index (χ2v) is 13.7. The van der Waals surface area contributed by atoms with Crippen molar-refractivity contribution in [3.63, 3.8) is 0 Å². The summed E-state index contributed by atoms with van der Waals surface area (Å²) in [6, 6.07) is 6.22. The van der Waals surface area contributed by atoms with Crippen LogP contribution in [-0.2, 0) is 32.1 Å². The zero-order valence-electron chi connectivity index (χ0n) is 31.2. The lowest BCUT2D eigenvalue weighted by atomic mass is 10.0. The molecule has 292 valence electrons. The largest absolute Gasteiger partial charge is 0.483 e. The fourth-order valence-electron chi connectivity index (χ4n) is 5.84. The van der Waals surface area contributed by atoms with Crippen LogP contribution in [0.2, 0.25) is 5.02 Å². The second kappa shape index (κ2) is 26.8. The first-order chi connectivity index (χ1) is 24.1. The maximum absolute atomic E-state index is 12.5. The van der Waals surface area contributed by atoms with E-state index in [9.17, 15) is 27.6 Å². The average molecular weight is 748 g/mol. The van der Waals surface area contributed by atoms with Gasteiger partial charge in [-0.2, -0.15) is 13.2 Å². The number of likely N-dealkylation sites (tertiary alicyclic amines) is 1. The van der Waals surface area contributed by atoms with Crippen molar-refractivity contribution in [3.8, 4) is 0 Å². The molecule has 3 atom stereocenters. The van der Waals surface area contributed by atoms with Crippen LogP contribution in [0.4, 0.5) is 13.2 Å². The monoisotopic (exact) mass is 747 g/mol. The summed E-state index contributed by atoms with van der Waals surface area (Å²) in [7, 11) is 1.80. The summed E-state index contributed by atoms with van der Waals surface area (Å²) in [5.74, 6) is 0.252. The number of carbonyl (C=O) groups is 4. The number of likely N-dealkylation sites (N-methyl/N-ethyl adjacent to an activating group) is 1. The Morgan fingerprint density at radius 3 is 2.37 bits per heavy atom. The zero-order chi connectivity index (χ0) is 38.9. The summed E-state index contributed by atoms with van der Waals surface area (Å²) in [5, 5.41) is 20.1. The summed E-state index contributed by atoms with van der Waals surface area (Å²) in [4.78, 5) is 44.7. The van der Waals surface area contributed by atoms with Crippen LogP contribution < -0.4 is 5.32 Å². The molecule has 1 aromatic carbocycles. The van der Waals surface area contributed by atoms with Crippen molar-refractivity contribution in [1.82, 2.24) is 15.1 Å². The van der Waals surface area contributed by atoms with Crippen LogP contribution in [0, 0.1) is 5.92 Å². The van der Waals surface area contributed by atoms with E-state index in [4.69, 9.17) is 26.6 Å². The highest BCUT2D eigenvalue weighted by molar-refractivity contribution is 6.31. The summed E-state index contributed by atoms with van der Waals surface area (Å²) >= 11 is 6.16. The van der Waals surface area contributed by atoms with E-state index in [1.165, 1.54) is 38.5 Å². The number of unbranched alkanes of at least 4 members (excludes halogenated alkanes) is 3. The molecule has 1 amide bonds. The summed E-state index contributed by atoms with van der Waals surface area (Å²) in [5.41, 5.74) is 2.52. The highest BCUT2D eigenvalue weighted by atomic mass is 35.5. The van der Waals surface area contributed by atoms with Crippen LogP contribution in [0.15, 0.2) is 30.4 Å². The molecule has 0 bridgehead atoms. The maximum Gasteiger partial charge on any atom is 0.389 e. The third-order valence-electron chi connectivity index (χ3n) is 8.70. The van der Waals surface area contributed by atoms with E-state index < -0.39 is 25.0 Å². The first-order valence-corrected chi connectivity index (χ1v) is 18.5. The topological polar surface area (TPSA) is 127 Å². The minimum atomic E-state index is -4.18. The molecule has 1 unspecified atom stereocenters. The molecule has 1 saturated carbocycles. The quantitative estimate of drug-likeness (QED) is 0.0778. The Morgan fingerprint density at radius 1 is 1.14 bits per heavy atom. The lowest BCUT2D eigenvalue weighted by Gasteiger charge is -2.27. The number of hydrogen-bond donors (Lipinski definition) is 3. The molecule has 2 aliphatic rings. The van der Waals surface area contributed by atoms with E-state index in [1.807, 2.05) is 18.2 Å². The Bertz CT molecular complexity index is 1190. The van der Waals surface area contributed by atoms with Crippen molar-refractivity contribution < 1.29 is 42.6 Å². The molecule has 1 aromatic rings. The molecule has 51 heavy (non-hydrogen) atoms. The predicted octanol–water partition coefficient (Wildman–Crippen LogP) is 8.32. The summed E-state index contributed by atoms with van der Waals surface area (Å²) < 4.78 is 33.3. The number of carboxylic acid groups (broad SMARTS) is 2. The Balaban J connectivity index is 0.000000781. The van der Waals surface area contributed by atoms with Gasteiger partial charge >= 0.3 is 12.1 Å². The Kier molecular flexibility index (Phi) is 25.2. The second-order valence-electron chi connectivity index (χ2n) is 13.3. The van der Waals surface area contributed by atoms with Crippen molar-refractivity contribution in [3.05, 3.63) is 46.5 Å². The SMILES string of the molecule is CC/C=C\[C@@H]1C[C@@]1(C)NCC1CCCN1C(=O)CCCCCC.CCCc1c(Cl)cccc1CN(C)CC(=O)O.O=CCCC(F)(F)F.O=CO. The summed E-state index contributed by atoms with van der Waals surface area (Å²) in [6.45, 7) is 11.2. The van der Waals surface area contributed by atoms with Crippen LogP contribution in [0.3, 0.4) is 0 Å². The summed E-state index contributed by atoms with van der Waals surface area (Å²) in [6.07, 6.45) is 11.4. The van der Waals surface area contributed by atoms with Crippen LogP contribution in [-0.4, -0.2) is 89.1 Å². The number of carboxylic acids is 1. The Hall–Kier alpha value is -2.96. The number of aldehydes is 1. The van der Waals surface area contributed by atoms with Gasteiger partial charge in [-0.1, -0.05) is 82.3 Å². The highest BCUT2D eigenvalue weighted by Gasteiger charge is 2.48. The molecule has 2 fully saturated rings. The molecule has 0 aromatic heterocycles. The van der Waals surface area contributed by atoms with Gasteiger partial charge < -0.3 is 25.2 Å². The first kappa shape index (κ1) is 48.0. The Morgan fingerprint density at radius 2 is 1.82 bits per heavy atom. The van der Waals surface area contributed by atoms with Crippen LogP contribution in [0.5, 0.6) is 0 Å². The van der Waals surface area contributed by atoms with Gasteiger partial charge in [0.05, 0.1) is 13.0 Å². The number of alkyl halides is 3. The maximum atomic E-state index is 12.5. The van der Waals surface area contributed by atoms with Crippen molar-refractivity contribution in [2.45, 2.75) is 135 Å². The minimum Gasteiger partial charge on any atom is -0.483 e. The molecular formula is C38H61ClF3N3O6. The number of carbonyl (C=O) groups excluding carboxylic acids is 2. The van der Waals surface area contributed by atoms with Gasteiger partial charge in [-0.05, 0) is 75.6 Å². The molecule has 1 heterocycles. The van der Waals surface area contributed by atoms with E-state index >= 15 is 0 Å². The van der Waals surface area contributed by atoms with E-state index in [0.717, 1.165) is 61.3 Å². The van der Waals surface area contributed by atoms with Gasteiger partial charge in [-0.3, -0.25) is 19.3 Å². The van der Waals surface area contributed by atoms with Gasteiger partial charge in [-0.15, -0.1) is 0 Å². The number of hydrogen-bond acceptors (Lipinski definition) is 6. The molecule has 9 nitrogen and oxygen atoms in total. The number of nitrogens with one attached hydrogen (secondary N) is 1. The predicted molar refractivity (Wildman–Crippen MR) is 197 cm³/mol. The average Bonchev–Trinajstić information content (AvgIpc) is 3.46. The standard InChI is InChI=1S/C20H36N2O.C13H18ClNO2.C4H5F3O.CH2O2/c1-4-6-8-9-13-19(23)22-14-10-12-18(22)16-21-20(3)15-17(20)11-7-5-2;1-3-5-11-10(6-4-7-12(11)14)8-15(2)9-13(16)17;5-4(6,7)2-1-3-8;2-1-3/h7,11,17-18,21H,4-6,8-10,12-16H2,1-3H3;4,6-7H,3,5,8-9H2,1-2H3,(H,16,17);3H,1-2H2;1H,(H,2,3)/b11-7-;;;/t17-,18?,20-;;;/m1.../s1. The third-order valence-corrected chi connectivity index (χ3v) is 9.05. The normalized spacial score (nSPS) is 19.3. The number of aliphatic carboxylic acids is 1. The zero-order valence-corrected chi connectivity index (χ0v) is 31.9. The number of rotatable bonds is 18. The fraction of sp³-hybridized carbons (Fsp3) is 0.684. The lowest BCUT2D eigenvalue weighted by Crippen LogP contribution is -2.44. The molecule has 0 radical (unpaired) electrons. The molecule has 1 aliphatic heterocycles. The van der Waals surface area contributed by atoms with Gasteiger partial charge in [0.15, 0.2) is 0 Å². The van der Waals surface area contributed by atoms with E-state index in [1.54, 1.807) is 11.9 Å². The molecule has 0 spiro atoms. The van der Waals surface area contributed by atoms with Crippen molar-refractivity contribution in [1.29, 1.82) is 0 Å². The van der Waals surface area contributed by atoms with E-state index in [0.29, 0.717) is 24.4 Å². The van der Waals surface area contributed by atoms with Gasteiger partial charge in [0.2, 0.25) is 5.91 Å². The fourth-order valence-corrected chi connectivity index (χ4v) is 6.13. The first-order valence-electron chi connectivity index (χ1n) is 18.1. The number of allylic oxidation sites excluding steroid dienone is 1. The number of amides is 1. The van der Waals surface area contributed by atoms with E-state index in [-0.39, 0.29) is 24.8 Å². The third kappa shape index (κ3) is 21.9. The lowest BCUT2D eigenvalue weighted by molar-refractivity contribution is -0.139. The molecule has 3 rings (SSSR count). The highest BCUT2D eigenvalue weighted by Crippen LogP contribution is 2.44. The molecule has 13 heteroatoms. The van der Waals surface area contributed by atoms with E-state index in [2.05, 4.69) is 50.1 Å². The van der Waals surface area contributed by atoms with Gasteiger partial charge in [-0.25, -0.2) is 0 Å². The van der Waals surface area contributed by atoms with Gasteiger partial charge in [0, 0.05) is 49.1 Å². The van der Waals surface area contributed by atoms with Crippen molar-refractivity contribution >= 4 is 36.2 Å². The van der Waals surface area contributed by atoms with Crippen LogP contribution in [0.25, 0.3) is 0 Å². The van der Waals surface area contributed by atoms with Crippen LogP contribution >= 0.6 is 11.6 Å². The number of benzene rings is 1. The van der Waals surface area contributed by atoms with Crippen molar-refractivity contribution in [2.24, 2.45) is 5.92 Å².